The van der Waals surface area contributed by atoms with E-state index in [4.69, 9.17) is 9.47 Å². The highest BCUT2D eigenvalue weighted by atomic mass is 19.2. The average Bonchev–Trinajstić information content (AvgIpc) is 2.96. The number of hydrogen-bond donors (Lipinski definition) is 0. The summed E-state index contributed by atoms with van der Waals surface area (Å²) in [6.45, 7) is 4.97. The standard InChI is InChI=1S/C34H45F3O3/c1-3-4-5-6-7-8-21-39-27-17-18-28(30(35)22-27)24-13-15-26(16-14-24)34(38)40-31-20-19-29(32(36)33(31)37)25-11-9-23(2)10-12-25/h17-20,22-26H,3-16,21H2,1-2H3. The lowest BCUT2D eigenvalue weighted by atomic mass is 9.78. The van der Waals surface area contributed by atoms with E-state index >= 15 is 0 Å². The van der Waals surface area contributed by atoms with E-state index in [1.807, 2.05) is 6.07 Å². The van der Waals surface area contributed by atoms with Gasteiger partial charge in [-0.1, -0.05) is 70.9 Å². The molecule has 3 nitrogen and oxygen atoms in total. The van der Waals surface area contributed by atoms with E-state index in [0.29, 0.717) is 55.1 Å². The highest BCUT2D eigenvalue weighted by Crippen LogP contribution is 2.40. The minimum atomic E-state index is -1.08. The first-order valence-electron chi connectivity index (χ1n) is 15.5. The summed E-state index contributed by atoms with van der Waals surface area (Å²) in [5.74, 6) is -2.40. The molecule has 0 heterocycles. The van der Waals surface area contributed by atoms with Crippen molar-refractivity contribution in [2.75, 3.05) is 6.61 Å². The molecule has 6 heteroatoms. The van der Waals surface area contributed by atoms with Crippen LogP contribution in [0.15, 0.2) is 30.3 Å². The molecule has 0 amide bonds. The van der Waals surface area contributed by atoms with Gasteiger partial charge in [0, 0.05) is 6.07 Å². The lowest BCUT2D eigenvalue weighted by molar-refractivity contribution is -0.140. The van der Waals surface area contributed by atoms with Gasteiger partial charge in [0.1, 0.15) is 11.6 Å². The minimum absolute atomic E-state index is 0.00309. The zero-order chi connectivity index (χ0) is 28.5. The van der Waals surface area contributed by atoms with Crippen LogP contribution in [-0.4, -0.2) is 12.6 Å². The first kappa shape index (κ1) is 30.5. The van der Waals surface area contributed by atoms with Crippen LogP contribution in [0.1, 0.15) is 127 Å². The van der Waals surface area contributed by atoms with Gasteiger partial charge in [0.25, 0.3) is 0 Å². The fourth-order valence-corrected chi connectivity index (χ4v) is 6.34. The van der Waals surface area contributed by atoms with Gasteiger partial charge in [-0.15, -0.1) is 0 Å². The molecule has 0 radical (unpaired) electrons. The Bertz CT molecular complexity index is 1100. The SMILES string of the molecule is CCCCCCCCOc1ccc(C2CCC(C(=O)Oc3ccc(C4CCC(C)CC4)c(F)c3F)CC2)c(F)c1. The third kappa shape index (κ3) is 8.04. The molecule has 0 spiro atoms. The Labute approximate surface area is 237 Å². The second kappa shape index (κ2) is 14.9. The summed E-state index contributed by atoms with van der Waals surface area (Å²) in [6.07, 6.45) is 13.0. The van der Waals surface area contributed by atoms with Crippen LogP contribution in [0.4, 0.5) is 13.2 Å². The van der Waals surface area contributed by atoms with Crippen LogP contribution in [0.5, 0.6) is 11.5 Å². The van der Waals surface area contributed by atoms with Gasteiger partial charge in [-0.25, -0.2) is 8.78 Å². The molecular weight excluding hydrogens is 513 g/mol. The molecule has 0 bridgehead atoms. The van der Waals surface area contributed by atoms with Crippen molar-refractivity contribution in [3.05, 3.63) is 58.9 Å². The van der Waals surface area contributed by atoms with Crippen molar-refractivity contribution in [2.24, 2.45) is 11.8 Å². The third-order valence-corrected chi connectivity index (χ3v) is 8.98. The monoisotopic (exact) mass is 558 g/mol. The lowest BCUT2D eigenvalue weighted by Crippen LogP contribution is -2.26. The molecule has 0 aromatic heterocycles. The van der Waals surface area contributed by atoms with E-state index in [0.717, 1.165) is 38.5 Å². The van der Waals surface area contributed by atoms with Gasteiger partial charge in [-0.3, -0.25) is 4.79 Å². The fraction of sp³-hybridized carbons (Fsp3) is 0.618. The largest absolute Gasteiger partial charge is 0.493 e. The van der Waals surface area contributed by atoms with Gasteiger partial charge >= 0.3 is 5.97 Å². The molecule has 2 fully saturated rings. The van der Waals surface area contributed by atoms with Crippen LogP contribution in [0.3, 0.4) is 0 Å². The summed E-state index contributed by atoms with van der Waals surface area (Å²) >= 11 is 0. The number of carbonyl (C=O) groups is 1. The molecule has 0 aliphatic heterocycles. The van der Waals surface area contributed by atoms with Crippen LogP contribution in [0, 0.1) is 29.3 Å². The van der Waals surface area contributed by atoms with Crippen LogP contribution in [0.2, 0.25) is 0 Å². The quantitative estimate of drug-likeness (QED) is 0.148. The lowest BCUT2D eigenvalue weighted by Gasteiger charge is -2.28. The highest BCUT2D eigenvalue weighted by Gasteiger charge is 2.31. The number of ether oxygens (including phenoxy) is 2. The molecule has 0 unspecified atom stereocenters. The number of hydrogen-bond acceptors (Lipinski definition) is 3. The van der Waals surface area contributed by atoms with Gasteiger partial charge < -0.3 is 9.47 Å². The molecule has 0 atom stereocenters. The topological polar surface area (TPSA) is 35.5 Å². The molecule has 2 aromatic rings. The van der Waals surface area contributed by atoms with E-state index in [-0.39, 0.29) is 23.4 Å². The van der Waals surface area contributed by atoms with E-state index in [1.54, 1.807) is 12.1 Å². The Balaban J connectivity index is 1.25. The van der Waals surface area contributed by atoms with Crippen molar-refractivity contribution >= 4 is 5.97 Å². The summed E-state index contributed by atoms with van der Waals surface area (Å²) in [4.78, 5) is 12.8. The van der Waals surface area contributed by atoms with Crippen molar-refractivity contribution in [3.63, 3.8) is 0 Å². The summed E-state index contributed by atoms with van der Waals surface area (Å²) in [5.41, 5.74) is 1.02. The van der Waals surface area contributed by atoms with Crippen molar-refractivity contribution in [1.29, 1.82) is 0 Å². The zero-order valence-corrected chi connectivity index (χ0v) is 24.2. The van der Waals surface area contributed by atoms with Gasteiger partial charge in [0.05, 0.1) is 12.5 Å². The maximum absolute atomic E-state index is 14.9. The van der Waals surface area contributed by atoms with Crippen LogP contribution >= 0.6 is 0 Å². The Hall–Kier alpha value is -2.50. The van der Waals surface area contributed by atoms with Crippen molar-refractivity contribution in [1.82, 2.24) is 0 Å². The maximum atomic E-state index is 14.9. The molecule has 2 aromatic carbocycles. The summed E-state index contributed by atoms with van der Waals surface area (Å²) < 4.78 is 55.7. The second-order valence-corrected chi connectivity index (χ2v) is 12.0. The van der Waals surface area contributed by atoms with Crippen LogP contribution in [-0.2, 0) is 4.79 Å². The Kier molecular flexibility index (Phi) is 11.4. The average molecular weight is 559 g/mol. The molecule has 40 heavy (non-hydrogen) atoms. The third-order valence-electron chi connectivity index (χ3n) is 8.98. The molecule has 2 aliphatic carbocycles. The highest BCUT2D eigenvalue weighted by molar-refractivity contribution is 5.75. The normalized spacial score (nSPS) is 23.1. The second-order valence-electron chi connectivity index (χ2n) is 12.0. The number of halogens is 3. The van der Waals surface area contributed by atoms with E-state index in [9.17, 15) is 18.0 Å². The van der Waals surface area contributed by atoms with Gasteiger partial charge in [-0.2, -0.15) is 4.39 Å². The van der Waals surface area contributed by atoms with E-state index in [1.165, 1.54) is 37.8 Å². The van der Waals surface area contributed by atoms with Crippen LogP contribution < -0.4 is 9.47 Å². The van der Waals surface area contributed by atoms with Gasteiger partial charge in [0.2, 0.25) is 5.82 Å². The Morgan fingerprint density at radius 3 is 2.10 bits per heavy atom. The predicted octanol–water partition coefficient (Wildman–Crippen LogP) is 10.0. The number of esters is 1. The number of benzene rings is 2. The van der Waals surface area contributed by atoms with Crippen molar-refractivity contribution < 1.29 is 27.4 Å². The van der Waals surface area contributed by atoms with Gasteiger partial charge in [-0.05, 0) is 86.0 Å². The molecule has 0 saturated heterocycles. The predicted molar refractivity (Wildman–Crippen MR) is 152 cm³/mol. The Morgan fingerprint density at radius 1 is 0.775 bits per heavy atom. The molecule has 2 saturated carbocycles. The van der Waals surface area contributed by atoms with E-state index < -0.39 is 23.5 Å². The molecular formula is C34H45F3O3. The molecule has 0 N–H and O–H groups in total. The summed E-state index contributed by atoms with van der Waals surface area (Å²) in [6, 6.07) is 8.04. The molecule has 4 rings (SSSR count). The molecule has 220 valence electrons. The number of unbranched alkanes of at least 4 members (excludes halogenated alkanes) is 5. The number of carbonyl (C=O) groups excluding carboxylic acids is 1. The minimum Gasteiger partial charge on any atom is -0.493 e. The fourth-order valence-electron chi connectivity index (χ4n) is 6.34. The van der Waals surface area contributed by atoms with E-state index in [2.05, 4.69) is 13.8 Å². The summed E-state index contributed by atoms with van der Waals surface area (Å²) in [7, 11) is 0. The number of rotatable bonds is 12. The summed E-state index contributed by atoms with van der Waals surface area (Å²) in [5, 5.41) is 0. The first-order valence-corrected chi connectivity index (χ1v) is 15.5. The smallest absolute Gasteiger partial charge is 0.314 e. The van der Waals surface area contributed by atoms with Crippen LogP contribution in [0.25, 0.3) is 0 Å². The molecule has 2 aliphatic rings. The first-order chi connectivity index (χ1) is 19.4. The van der Waals surface area contributed by atoms with Gasteiger partial charge in [0.15, 0.2) is 11.6 Å². The van der Waals surface area contributed by atoms with Crippen molar-refractivity contribution in [2.45, 2.75) is 116 Å². The van der Waals surface area contributed by atoms with Crippen molar-refractivity contribution in [3.8, 4) is 11.5 Å². The zero-order valence-electron chi connectivity index (χ0n) is 24.2. The Morgan fingerprint density at radius 2 is 1.40 bits per heavy atom. The maximum Gasteiger partial charge on any atom is 0.314 e.